The predicted molar refractivity (Wildman–Crippen MR) is 114 cm³/mol. The molecular weight excluding hydrogens is 453 g/mol. The fourth-order valence-corrected chi connectivity index (χ4v) is 4.87. The highest BCUT2D eigenvalue weighted by molar-refractivity contribution is 7.32. The third-order valence-corrected chi connectivity index (χ3v) is 5.31. The zero-order valence-electron chi connectivity index (χ0n) is 18.4. The topological polar surface area (TPSA) is 140 Å². The zero-order valence-corrected chi connectivity index (χ0v) is 21.0. The Morgan fingerprint density at radius 1 is 0.833 bits per heavy atom. The normalized spacial score (nSPS) is 18.2. The first-order chi connectivity index (χ1) is 13.5. The van der Waals surface area contributed by atoms with Crippen LogP contribution in [-0.4, -0.2) is 14.7 Å². The Labute approximate surface area is 180 Å². The first-order valence-corrected chi connectivity index (χ1v) is 12.5. The molecule has 0 aliphatic carbocycles. The van der Waals surface area contributed by atoms with E-state index < -0.39 is 35.6 Å². The highest BCUT2D eigenvalue weighted by Gasteiger charge is 2.33. The molecule has 9 nitrogen and oxygen atoms in total. The molecule has 0 fully saturated rings. The van der Waals surface area contributed by atoms with Crippen molar-refractivity contribution in [2.24, 2.45) is 16.7 Å². The number of hydrogen-bond donors (Lipinski definition) is 3. The molecule has 5 unspecified atom stereocenters. The lowest BCUT2D eigenvalue weighted by molar-refractivity contribution is 0.225. The monoisotopic (exact) mass is 485 g/mol. The van der Waals surface area contributed by atoms with Gasteiger partial charge in [0.15, 0.2) is 17.3 Å². The van der Waals surface area contributed by atoms with Crippen LogP contribution in [0.3, 0.4) is 0 Å². The fourth-order valence-electron chi connectivity index (χ4n) is 3.96. The number of hydrogen-bond acceptors (Lipinski definition) is 6. The molecule has 0 rings (SSSR count). The molecule has 12 heteroatoms. The van der Waals surface area contributed by atoms with E-state index in [4.69, 9.17) is 28.3 Å². The predicted octanol–water partition coefficient (Wildman–Crippen LogP) is 6.15. The third-order valence-electron chi connectivity index (χ3n) is 3.98. The van der Waals surface area contributed by atoms with E-state index in [-0.39, 0.29) is 11.7 Å². The Morgan fingerprint density at radius 3 is 1.67 bits per heavy atom. The van der Waals surface area contributed by atoms with Gasteiger partial charge in [-0.05, 0) is 68.6 Å². The summed E-state index contributed by atoms with van der Waals surface area (Å²) in [7, 11) is -8.30. The average molecular weight is 485 g/mol. The van der Waals surface area contributed by atoms with Gasteiger partial charge in [0.1, 0.15) is 0 Å². The SMILES string of the molecule is C/C(=C/C(C)CC(C)(/C=C(\C)O[P+](=O)O)CC(C)(C)/C=C(\C)O[P+](=O)O)O[P+](=O)O. The van der Waals surface area contributed by atoms with Crippen LogP contribution in [0.25, 0.3) is 0 Å². The fraction of sp³-hybridized carbons (Fsp3) is 0.667. The van der Waals surface area contributed by atoms with Gasteiger partial charge in [-0.3, -0.25) is 0 Å². The standard InChI is InChI=1S/C18H29O9P3/c1-13(8-14(2)25-28(19)20)9-18(7,11-16(4)27-30(23)24)12-17(5,6)10-15(3)26-29(21)22/h8,10-11,13H,9,12H2,1-7H3/p+3/b14-8-,15-10+,16-11+. The Hall–Kier alpha value is -1.20. The molecule has 0 radical (unpaired) electrons. The van der Waals surface area contributed by atoms with E-state index in [1.165, 1.54) is 0 Å². The van der Waals surface area contributed by atoms with Crippen LogP contribution >= 0.6 is 24.8 Å². The van der Waals surface area contributed by atoms with Gasteiger partial charge in [0.2, 0.25) is 0 Å². The van der Waals surface area contributed by atoms with E-state index >= 15 is 0 Å². The second kappa shape index (κ2) is 12.6. The van der Waals surface area contributed by atoms with Crippen molar-refractivity contribution in [3.05, 3.63) is 35.5 Å². The van der Waals surface area contributed by atoms with E-state index in [9.17, 15) is 13.7 Å². The Bertz CT molecular complexity index is 743. The number of allylic oxidation sites excluding steroid dienone is 6. The van der Waals surface area contributed by atoms with Gasteiger partial charge in [0, 0.05) is 13.7 Å². The maximum Gasteiger partial charge on any atom is 0.747 e. The molecular formula is C18H32O9P3+3. The first kappa shape index (κ1) is 28.8. The minimum absolute atomic E-state index is 0.0686. The van der Waals surface area contributed by atoms with Gasteiger partial charge in [0.25, 0.3) is 0 Å². The lowest BCUT2D eigenvalue weighted by Crippen LogP contribution is -2.25. The molecule has 30 heavy (non-hydrogen) atoms. The summed E-state index contributed by atoms with van der Waals surface area (Å²) in [6, 6.07) is 0. The van der Waals surface area contributed by atoms with Crippen molar-refractivity contribution in [3.63, 3.8) is 0 Å². The van der Waals surface area contributed by atoms with Crippen molar-refractivity contribution >= 4 is 24.8 Å². The summed E-state index contributed by atoms with van der Waals surface area (Å²) in [5, 5.41) is 0. The van der Waals surface area contributed by atoms with Crippen LogP contribution in [0, 0.1) is 16.7 Å². The van der Waals surface area contributed by atoms with E-state index in [1.54, 1.807) is 39.0 Å². The molecule has 0 heterocycles. The van der Waals surface area contributed by atoms with Crippen molar-refractivity contribution in [1.82, 2.24) is 0 Å². The van der Waals surface area contributed by atoms with Gasteiger partial charge < -0.3 is 0 Å². The van der Waals surface area contributed by atoms with E-state index in [0.717, 1.165) is 0 Å². The number of rotatable bonds is 13. The van der Waals surface area contributed by atoms with Crippen LogP contribution in [0.4, 0.5) is 0 Å². The highest BCUT2D eigenvalue weighted by Crippen LogP contribution is 2.43. The third kappa shape index (κ3) is 13.9. The van der Waals surface area contributed by atoms with Gasteiger partial charge in [-0.2, -0.15) is 0 Å². The molecule has 0 saturated heterocycles. The Kier molecular flexibility index (Phi) is 12.1. The quantitative estimate of drug-likeness (QED) is 0.207. The van der Waals surface area contributed by atoms with Crippen LogP contribution in [0.1, 0.15) is 61.3 Å². The molecule has 0 aliphatic heterocycles. The molecule has 5 atom stereocenters. The molecule has 0 saturated carbocycles. The maximum atomic E-state index is 11.0. The molecule has 0 aromatic heterocycles. The van der Waals surface area contributed by atoms with E-state index in [1.807, 2.05) is 27.7 Å². The van der Waals surface area contributed by atoms with E-state index in [0.29, 0.717) is 24.4 Å². The second-order valence-corrected chi connectivity index (χ2v) is 10.3. The second-order valence-electron chi connectivity index (χ2n) is 8.28. The summed E-state index contributed by atoms with van der Waals surface area (Å²) in [5.74, 6) is 0.847. The summed E-state index contributed by atoms with van der Waals surface area (Å²) < 4.78 is 47.3. The van der Waals surface area contributed by atoms with Crippen molar-refractivity contribution in [2.45, 2.75) is 61.3 Å². The Morgan fingerprint density at radius 2 is 1.23 bits per heavy atom. The van der Waals surface area contributed by atoms with Gasteiger partial charge >= 0.3 is 24.8 Å². The molecule has 170 valence electrons. The molecule has 0 aromatic carbocycles. The summed E-state index contributed by atoms with van der Waals surface area (Å²) >= 11 is 0. The van der Waals surface area contributed by atoms with Crippen LogP contribution in [0.5, 0.6) is 0 Å². The van der Waals surface area contributed by atoms with E-state index in [2.05, 4.69) is 0 Å². The zero-order chi connectivity index (χ0) is 23.7. The molecule has 0 bridgehead atoms. The van der Waals surface area contributed by atoms with Gasteiger partial charge in [0.05, 0.1) is 0 Å². The molecule has 0 aromatic rings. The summed E-state index contributed by atoms with van der Waals surface area (Å²) in [5.41, 5.74) is -0.999. The van der Waals surface area contributed by atoms with Crippen molar-refractivity contribution < 1.29 is 41.9 Å². The van der Waals surface area contributed by atoms with Crippen LogP contribution < -0.4 is 0 Å². The molecule has 0 spiro atoms. The first-order valence-electron chi connectivity index (χ1n) is 9.13. The van der Waals surface area contributed by atoms with Gasteiger partial charge in [-0.15, -0.1) is 14.7 Å². The minimum atomic E-state index is -2.80. The van der Waals surface area contributed by atoms with Crippen molar-refractivity contribution in [3.8, 4) is 0 Å². The van der Waals surface area contributed by atoms with Crippen LogP contribution in [0.15, 0.2) is 35.5 Å². The maximum absolute atomic E-state index is 11.0. The molecule has 3 N–H and O–H groups in total. The highest BCUT2D eigenvalue weighted by atomic mass is 31.1. The van der Waals surface area contributed by atoms with Crippen LogP contribution in [-0.2, 0) is 27.3 Å². The molecule has 0 amide bonds. The molecule has 0 aliphatic rings. The summed E-state index contributed by atoms with van der Waals surface area (Å²) in [6.07, 6.45) is 6.34. The Balaban J connectivity index is 5.81. The van der Waals surface area contributed by atoms with Gasteiger partial charge in [-0.1, -0.05) is 27.7 Å². The van der Waals surface area contributed by atoms with Crippen LogP contribution in [0.2, 0.25) is 0 Å². The van der Waals surface area contributed by atoms with Crippen molar-refractivity contribution in [2.75, 3.05) is 0 Å². The summed E-state index contributed by atoms with van der Waals surface area (Å²) in [4.78, 5) is 26.8. The smallest absolute Gasteiger partial charge is 0.235 e. The lowest BCUT2D eigenvalue weighted by Gasteiger charge is -2.35. The van der Waals surface area contributed by atoms with Gasteiger partial charge in [-0.25, -0.2) is 13.6 Å². The summed E-state index contributed by atoms with van der Waals surface area (Å²) in [6.45, 7) is 12.5. The van der Waals surface area contributed by atoms with Crippen molar-refractivity contribution in [1.29, 1.82) is 0 Å². The largest absolute Gasteiger partial charge is 0.747 e. The lowest BCUT2D eigenvalue weighted by atomic mass is 9.69. The minimum Gasteiger partial charge on any atom is -0.235 e. The average Bonchev–Trinajstić information content (AvgIpc) is 2.40.